The van der Waals surface area contributed by atoms with E-state index in [1.165, 1.54) is 11.1 Å². The Labute approximate surface area is 110 Å². The monoisotopic (exact) mass is 245 g/mol. The summed E-state index contributed by atoms with van der Waals surface area (Å²) < 4.78 is 0. The minimum absolute atomic E-state index is 0.0941. The molecular formula is C16H23NO. The molecule has 0 aromatic heterocycles. The van der Waals surface area contributed by atoms with Gasteiger partial charge in [0.15, 0.2) is 0 Å². The number of nitrogens with one attached hydrogen (secondary N) is 1. The molecule has 0 radical (unpaired) electrons. The van der Waals surface area contributed by atoms with Crippen LogP contribution in [0.3, 0.4) is 0 Å². The maximum Gasteiger partial charge on any atom is 0.228 e. The summed E-state index contributed by atoms with van der Waals surface area (Å²) in [5.41, 5.74) is 3.55. The third kappa shape index (κ3) is 1.84. The first-order valence-electron chi connectivity index (χ1n) is 6.56. The van der Waals surface area contributed by atoms with Gasteiger partial charge >= 0.3 is 0 Å². The van der Waals surface area contributed by atoms with Gasteiger partial charge in [0.1, 0.15) is 0 Å². The van der Waals surface area contributed by atoms with Gasteiger partial charge in [-0.15, -0.1) is 0 Å². The molecule has 1 fully saturated rings. The van der Waals surface area contributed by atoms with Gasteiger partial charge in [0.25, 0.3) is 0 Å². The van der Waals surface area contributed by atoms with Crippen LogP contribution in [-0.4, -0.2) is 5.91 Å². The summed E-state index contributed by atoms with van der Waals surface area (Å²) in [6.45, 7) is 12.8. The number of anilines is 1. The fraction of sp³-hybridized carbons (Fsp3) is 0.562. The fourth-order valence-electron chi connectivity index (χ4n) is 2.89. The number of carbonyl (C=O) groups excluding carboxylic acids is 1. The molecule has 0 unspecified atom stereocenters. The quantitative estimate of drug-likeness (QED) is 0.840. The number of amides is 1. The Bertz CT molecular complexity index is 486. The van der Waals surface area contributed by atoms with E-state index >= 15 is 0 Å². The predicted octanol–water partition coefficient (Wildman–Crippen LogP) is 3.92. The van der Waals surface area contributed by atoms with Crippen molar-refractivity contribution in [2.45, 2.75) is 41.5 Å². The fourth-order valence-corrected chi connectivity index (χ4v) is 2.89. The molecule has 0 atom stereocenters. The van der Waals surface area contributed by atoms with Crippen LogP contribution >= 0.6 is 0 Å². The van der Waals surface area contributed by atoms with Crippen LogP contribution in [0.4, 0.5) is 5.69 Å². The smallest absolute Gasteiger partial charge is 0.228 e. The number of aryl methyl sites for hydroxylation is 2. The Morgan fingerprint density at radius 2 is 1.61 bits per heavy atom. The van der Waals surface area contributed by atoms with E-state index in [1.54, 1.807) is 0 Å². The van der Waals surface area contributed by atoms with Crippen LogP contribution in [-0.2, 0) is 4.79 Å². The predicted molar refractivity (Wildman–Crippen MR) is 75.6 cm³/mol. The molecular weight excluding hydrogens is 222 g/mol. The van der Waals surface area contributed by atoms with Gasteiger partial charge in [-0.1, -0.05) is 33.8 Å². The third-order valence-corrected chi connectivity index (χ3v) is 5.06. The molecule has 98 valence electrons. The van der Waals surface area contributed by atoms with Crippen LogP contribution in [0.5, 0.6) is 0 Å². The third-order valence-electron chi connectivity index (χ3n) is 5.06. The van der Waals surface area contributed by atoms with Gasteiger partial charge in [-0.3, -0.25) is 4.79 Å². The summed E-state index contributed by atoms with van der Waals surface area (Å²) in [6.07, 6.45) is 0. The Morgan fingerprint density at radius 1 is 1.06 bits per heavy atom. The van der Waals surface area contributed by atoms with Crippen LogP contribution in [0.15, 0.2) is 18.2 Å². The van der Waals surface area contributed by atoms with Crippen molar-refractivity contribution >= 4 is 11.6 Å². The summed E-state index contributed by atoms with van der Waals surface area (Å²) in [5.74, 6) is 0.250. The summed E-state index contributed by atoms with van der Waals surface area (Å²) >= 11 is 0. The SMILES string of the molecule is Cc1ccc(NC(=O)C2C(C)(C)C2(C)C)cc1C. The standard InChI is InChI=1S/C16H23NO/c1-10-7-8-12(9-11(10)2)17-14(18)13-15(3,4)16(13,5)6/h7-9,13H,1-6H3,(H,17,18). The van der Waals surface area contributed by atoms with Gasteiger partial charge < -0.3 is 5.32 Å². The number of carbonyl (C=O) groups is 1. The first-order chi connectivity index (χ1) is 8.18. The van der Waals surface area contributed by atoms with Crippen molar-refractivity contribution in [1.82, 2.24) is 0 Å². The molecule has 0 aliphatic heterocycles. The molecule has 1 saturated carbocycles. The van der Waals surface area contributed by atoms with Gasteiger partial charge in [-0.2, -0.15) is 0 Å². The number of rotatable bonds is 2. The van der Waals surface area contributed by atoms with E-state index in [2.05, 4.69) is 46.9 Å². The lowest BCUT2D eigenvalue weighted by Crippen LogP contribution is -2.17. The van der Waals surface area contributed by atoms with E-state index in [0.717, 1.165) is 5.69 Å². The summed E-state index contributed by atoms with van der Waals surface area (Å²) in [7, 11) is 0. The zero-order valence-electron chi connectivity index (χ0n) is 12.2. The lowest BCUT2D eigenvalue weighted by Gasteiger charge is -2.08. The average molecular weight is 245 g/mol. The Kier molecular flexibility index (Phi) is 2.80. The van der Waals surface area contributed by atoms with E-state index in [-0.39, 0.29) is 22.7 Å². The summed E-state index contributed by atoms with van der Waals surface area (Å²) in [4.78, 5) is 12.3. The van der Waals surface area contributed by atoms with Gasteiger partial charge in [0.2, 0.25) is 5.91 Å². The average Bonchev–Trinajstić information content (AvgIpc) is 2.63. The van der Waals surface area contributed by atoms with Gasteiger partial charge in [-0.25, -0.2) is 0 Å². The molecule has 1 N–H and O–H groups in total. The summed E-state index contributed by atoms with van der Waals surface area (Å²) in [5, 5.41) is 3.04. The highest BCUT2D eigenvalue weighted by atomic mass is 16.2. The molecule has 2 heteroatoms. The minimum atomic E-state index is 0.0941. The van der Waals surface area contributed by atoms with E-state index in [0.29, 0.717) is 0 Å². The number of hydrogen-bond donors (Lipinski definition) is 1. The van der Waals surface area contributed by atoms with Gasteiger partial charge in [0, 0.05) is 11.6 Å². The first-order valence-corrected chi connectivity index (χ1v) is 6.56. The van der Waals surface area contributed by atoms with Crippen molar-refractivity contribution in [3.63, 3.8) is 0 Å². The molecule has 2 rings (SSSR count). The van der Waals surface area contributed by atoms with Crippen LogP contribution in [0, 0.1) is 30.6 Å². The van der Waals surface area contributed by atoms with Crippen LogP contribution in [0.25, 0.3) is 0 Å². The number of benzene rings is 1. The normalized spacial score (nSPS) is 20.6. The molecule has 0 spiro atoms. The largest absolute Gasteiger partial charge is 0.326 e. The molecule has 2 nitrogen and oxygen atoms in total. The molecule has 1 aliphatic rings. The minimum Gasteiger partial charge on any atom is -0.326 e. The van der Waals surface area contributed by atoms with Crippen molar-refractivity contribution in [3.05, 3.63) is 29.3 Å². The molecule has 1 amide bonds. The van der Waals surface area contributed by atoms with Crippen molar-refractivity contribution in [2.75, 3.05) is 5.32 Å². The van der Waals surface area contributed by atoms with Gasteiger partial charge in [0.05, 0.1) is 0 Å². The van der Waals surface area contributed by atoms with Crippen molar-refractivity contribution < 1.29 is 4.79 Å². The Morgan fingerprint density at radius 3 is 2.06 bits per heavy atom. The highest BCUT2D eigenvalue weighted by Crippen LogP contribution is 2.68. The van der Waals surface area contributed by atoms with Crippen molar-refractivity contribution in [1.29, 1.82) is 0 Å². The van der Waals surface area contributed by atoms with E-state index in [9.17, 15) is 4.79 Å². The lowest BCUT2D eigenvalue weighted by atomic mass is 10.0. The molecule has 0 bridgehead atoms. The highest BCUT2D eigenvalue weighted by molar-refractivity contribution is 5.96. The molecule has 0 saturated heterocycles. The lowest BCUT2D eigenvalue weighted by molar-refractivity contribution is -0.118. The Balaban J connectivity index is 2.12. The number of hydrogen-bond acceptors (Lipinski definition) is 1. The second-order valence-electron chi connectivity index (χ2n) is 6.66. The Hall–Kier alpha value is -1.31. The summed E-state index contributed by atoms with van der Waals surface area (Å²) in [6, 6.07) is 6.06. The van der Waals surface area contributed by atoms with Crippen LogP contribution in [0.1, 0.15) is 38.8 Å². The van der Waals surface area contributed by atoms with E-state index in [4.69, 9.17) is 0 Å². The molecule has 1 aromatic rings. The molecule has 1 aliphatic carbocycles. The topological polar surface area (TPSA) is 29.1 Å². The second-order valence-corrected chi connectivity index (χ2v) is 6.66. The highest BCUT2D eigenvalue weighted by Gasteiger charge is 2.68. The molecule has 0 heterocycles. The zero-order chi connectivity index (χ0) is 13.7. The molecule has 18 heavy (non-hydrogen) atoms. The van der Waals surface area contributed by atoms with Crippen LogP contribution in [0.2, 0.25) is 0 Å². The van der Waals surface area contributed by atoms with E-state index < -0.39 is 0 Å². The maximum absolute atomic E-state index is 12.3. The molecule has 1 aromatic carbocycles. The van der Waals surface area contributed by atoms with Crippen LogP contribution < -0.4 is 5.32 Å². The van der Waals surface area contributed by atoms with Gasteiger partial charge in [-0.05, 0) is 47.9 Å². The van der Waals surface area contributed by atoms with Crippen molar-refractivity contribution in [3.8, 4) is 0 Å². The second kappa shape index (κ2) is 3.84. The first kappa shape index (κ1) is 13.1. The van der Waals surface area contributed by atoms with E-state index in [1.807, 2.05) is 18.2 Å². The van der Waals surface area contributed by atoms with Crippen molar-refractivity contribution in [2.24, 2.45) is 16.7 Å². The maximum atomic E-state index is 12.3. The zero-order valence-corrected chi connectivity index (χ0v) is 12.2.